The van der Waals surface area contributed by atoms with Crippen LogP contribution >= 0.6 is 0 Å². The van der Waals surface area contributed by atoms with Crippen molar-refractivity contribution in [1.82, 2.24) is 19.4 Å². The summed E-state index contributed by atoms with van der Waals surface area (Å²) in [5, 5.41) is 0. The molecule has 108 valence electrons. The van der Waals surface area contributed by atoms with E-state index in [2.05, 4.69) is 15.0 Å². The monoisotopic (exact) mass is 292 g/mol. The summed E-state index contributed by atoms with van der Waals surface area (Å²) in [5.41, 5.74) is 2.15. The average Bonchev–Trinajstić information content (AvgIpc) is 2.76. The zero-order valence-electron chi connectivity index (χ0n) is 11.3. The van der Waals surface area contributed by atoms with Gasteiger partial charge in [0.1, 0.15) is 17.0 Å². The molecule has 21 heavy (non-hydrogen) atoms. The minimum absolute atomic E-state index is 0.442. The zero-order chi connectivity index (χ0) is 15.2. The number of aromatic nitrogens is 4. The lowest BCUT2D eigenvalue weighted by atomic mass is 10.2. The van der Waals surface area contributed by atoms with E-state index in [0.29, 0.717) is 22.7 Å². The van der Waals surface area contributed by atoms with Crippen LogP contribution in [-0.4, -0.2) is 19.4 Å². The van der Waals surface area contributed by atoms with Gasteiger partial charge in [-0.15, -0.1) is 0 Å². The van der Waals surface area contributed by atoms with Gasteiger partial charge >= 0.3 is 6.18 Å². The fourth-order valence-electron chi connectivity index (χ4n) is 2.09. The van der Waals surface area contributed by atoms with Crippen molar-refractivity contribution in [2.75, 3.05) is 0 Å². The van der Waals surface area contributed by atoms with E-state index in [0.717, 1.165) is 18.0 Å². The summed E-state index contributed by atoms with van der Waals surface area (Å²) in [5.74, 6) is 0. The molecule has 3 aromatic heterocycles. The second-order valence-corrected chi connectivity index (χ2v) is 4.73. The summed E-state index contributed by atoms with van der Waals surface area (Å²) in [6.07, 6.45) is -0.174. The van der Waals surface area contributed by atoms with Gasteiger partial charge in [-0.2, -0.15) is 13.2 Å². The third-order valence-electron chi connectivity index (χ3n) is 3.21. The van der Waals surface area contributed by atoms with Crippen LogP contribution in [0.25, 0.3) is 17.0 Å². The number of alkyl halides is 3. The van der Waals surface area contributed by atoms with Gasteiger partial charge in [-0.3, -0.25) is 9.97 Å². The van der Waals surface area contributed by atoms with Crippen LogP contribution in [0.1, 0.15) is 17.0 Å². The summed E-state index contributed by atoms with van der Waals surface area (Å²) < 4.78 is 39.7. The quantitative estimate of drug-likeness (QED) is 0.690. The van der Waals surface area contributed by atoms with Crippen molar-refractivity contribution in [2.45, 2.75) is 20.0 Å². The van der Waals surface area contributed by atoms with Crippen LogP contribution < -0.4 is 0 Å². The number of nitrogens with zero attached hydrogens (tertiary/aromatic N) is 4. The smallest absolute Gasteiger partial charge is 0.303 e. The Kier molecular flexibility index (Phi) is 2.93. The lowest BCUT2D eigenvalue weighted by Crippen LogP contribution is -2.06. The van der Waals surface area contributed by atoms with Gasteiger partial charge in [0.25, 0.3) is 0 Å². The molecule has 0 saturated heterocycles. The number of imidazole rings is 1. The van der Waals surface area contributed by atoms with Crippen molar-refractivity contribution in [2.24, 2.45) is 0 Å². The van der Waals surface area contributed by atoms with Gasteiger partial charge in [0, 0.05) is 18.1 Å². The second-order valence-electron chi connectivity index (χ2n) is 4.73. The van der Waals surface area contributed by atoms with E-state index in [-0.39, 0.29) is 0 Å². The fourth-order valence-corrected chi connectivity index (χ4v) is 2.09. The average molecular weight is 292 g/mol. The summed E-state index contributed by atoms with van der Waals surface area (Å²) in [6.45, 7) is 3.51. The molecule has 0 aliphatic heterocycles. The van der Waals surface area contributed by atoms with E-state index >= 15 is 0 Å². The number of hydrogen-bond acceptors (Lipinski definition) is 3. The Hall–Kier alpha value is -2.44. The Morgan fingerprint density at radius 3 is 2.43 bits per heavy atom. The SMILES string of the molecule is Cc1cnc(-c2nc3ccc(C(F)(F)F)cn3c2C)cn1. The first-order chi connectivity index (χ1) is 9.86. The maximum Gasteiger partial charge on any atom is 0.417 e. The molecule has 0 spiro atoms. The van der Waals surface area contributed by atoms with Crippen molar-refractivity contribution in [1.29, 1.82) is 0 Å². The first-order valence-corrected chi connectivity index (χ1v) is 6.21. The molecule has 0 fully saturated rings. The van der Waals surface area contributed by atoms with Crippen molar-refractivity contribution < 1.29 is 13.2 Å². The van der Waals surface area contributed by atoms with Crippen molar-refractivity contribution in [3.63, 3.8) is 0 Å². The molecule has 0 saturated carbocycles. The summed E-state index contributed by atoms with van der Waals surface area (Å²) >= 11 is 0. The number of halogens is 3. The minimum Gasteiger partial charge on any atom is -0.303 e. The highest BCUT2D eigenvalue weighted by Crippen LogP contribution is 2.30. The highest BCUT2D eigenvalue weighted by atomic mass is 19.4. The summed E-state index contributed by atoms with van der Waals surface area (Å²) in [4.78, 5) is 12.7. The predicted octanol–water partition coefficient (Wildman–Crippen LogP) is 3.43. The fraction of sp³-hybridized carbons (Fsp3) is 0.214. The van der Waals surface area contributed by atoms with Gasteiger partial charge in [-0.05, 0) is 26.0 Å². The molecule has 0 amide bonds. The van der Waals surface area contributed by atoms with E-state index < -0.39 is 11.7 Å². The van der Waals surface area contributed by atoms with Crippen LogP contribution in [-0.2, 0) is 6.18 Å². The highest BCUT2D eigenvalue weighted by molar-refractivity contribution is 5.62. The van der Waals surface area contributed by atoms with Crippen molar-refractivity contribution >= 4 is 5.65 Å². The molecule has 0 radical (unpaired) electrons. The van der Waals surface area contributed by atoms with Gasteiger partial charge in [-0.25, -0.2) is 4.98 Å². The first-order valence-electron chi connectivity index (χ1n) is 6.21. The van der Waals surface area contributed by atoms with Gasteiger partial charge in [0.05, 0.1) is 17.5 Å². The molecule has 0 aromatic carbocycles. The van der Waals surface area contributed by atoms with Gasteiger partial charge in [0.2, 0.25) is 0 Å². The molecule has 0 bridgehead atoms. The lowest BCUT2D eigenvalue weighted by Gasteiger charge is -2.07. The number of hydrogen-bond donors (Lipinski definition) is 0. The molecular weight excluding hydrogens is 281 g/mol. The molecule has 4 nitrogen and oxygen atoms in total. The lowest BCUT2D eigenvalue weighted by molar-refractivity contribution is -0.137. The van der Waals surface area contributed by atoms with Crippen LogP contribution in [0.2, 0.25) is 0 Å². The van der Waals surface area contributed by atoms with Gasteiger partial charge < -0.3 is 4.40 Å². The maximum absolute atomic E-state index is 12.8. The number of pyridine rings is 1. The van der Waals surface area contributed by atoms with Crippen LogP contribution in [0.15, 0.2) is 30.7 Å². The molecule has 0 atom stereocenters. The third-order valence-corrected chi connectivity index (χ3v) is 3.21. The Morgan fingerprint density at radius 2 is 1.81 bits per heavy atom. The molecule has 3 aromatic rings. The Bertz CT molecular complexity index is 803. The van der Waals surface area contributed by atoms with Crippen LogP contribution in [0.5, 0.6) is 0 Å². The van der Waals surface area contributed by atoms with E-state index in [1.165, 1.54) is 10.5 Å². The molecule has 0 aliphatic carbocycles. The largest absolute Gasteiger partial charge is 0.417 e. The van der Waals surface area contributed by atoms with Crippen LogP contribution in [0.3, 0.4) is 0 Å². The van der Waals surface area contributed by atoms with E-state index in [4.69, 9.17) is 0 Å². The molecule has 0 aliphatic rings. The normalized spacial score (nSPS) is 12.0. The van der Waals surface area contributed by atoms with E-state index in [9.17, 15) is 13.2 Å². The standard InChI is InChI=1S/C14H11F3N4/c1-8-5-19-11(6-18-8)13-9(2)21-7-10(14(15,16)17)3-4-12(21)20-13/h3-7H,1-2H3. The zero-order valence-corrected chi connectivity index (χ0v) is 11.3. The topological polar surface area (TPSA) is 43.1 Å². The van der Waals surface area contributed by atoms with Crippen LogP contribution in [0.4, 0.5) is 13.2 Å². The molecule has 0 N–H and O–H groups in total. The predicted molar refractivity (Wildman–Crippen MR) is 70.7 cm³/mol. The molecule has 7 heteroatoms. The molecule has 3 rings (SSSR count). The van der Waals surface area contributed by atoms with Gasteiger partial charge in [-0.1, -0.05) is 0 Å². The van der Waals surface area contributed by atoms with Crippen molar-refractivity contribution in [3.8, 4) is 11.4 Å². The number of rotatable bonds is 1. The summed E-state index contributed by atoms with van der Waals surface area (Å²) in [6, 6.07) is 2.37. The van der Waals surface area contributed by atoms with Gasteiger partial charge in [0.15, 0.2) is 0 Å². The maximum atomic E-state index is 12.8. The van der Waals surface area contributed by atoms with E-state index in [1.807, 2.05) is 6.92 Å². The van der Waals surface area contributed by atoms with E-state index in [1.54, 1.807) is 19.3 Å². The molecular formula is C14H11F3N4. The second kappa shape index (κ2) is 4.54. The highest BCUT2D eigenvalue weighted by Gasteiger charge is 2.31. The number of fused-ring (bicyclic) bond motifs is 1. The third kappa shape index (κ3) is 2.35. The summed E-state index contributed by atoms with van der Waals surface area (Å²) in [7, 11) is 0. The minimum atomic E-state index is -4.38. The van der Waals surface area contributed by atoms with Crippen LogP contribution in [0, 0.1) is 13.8 Å². The first kappa shape index (κ1) is 13.5. The Balaban J connectivity index is 2.18. The molecule has 0 unspecified atom stereocenters. The Labute approximate surface area is 118 Å². The Morgan fingerprint density at radius 1 is 1.05 bits per heavy atom. The molecule has 3 heterocycles. The van der Waals surface area contributed by atoms with Crippen molar-refractivity contribution in [3.05, 3.63) is 47.7 Å². The number of aryl methyl sites for hydroxylation is 2.